The van der Waals surface area contributed by atoms with Crippen molar-refractivity contribution in [1.82, 2.24) is 19.9 Å². The second-order valence-electron chi connectivity index (χ2n) is 4.55. The van der Waals surface area contributed by atoms with E-state index in [-0.39, 0.29) is 5.50 Å². The van der Waals surface area contributed by atoms with Crippen LogP contribution in [-0.2, 0) is 4.79 Å². The fraction of sp³-hybridized carbons (Fsp3) is 0.143. The predicted molar refractivity (Wildman–Crippen MR) is 85.1 cm³/mol. The maximum absolute atomic E-state index is 11.8. The molecule has 0 aliphatic carbocycles. The lowest BCUT2D eigenvalue weighted by Gasteiger charge is -2.24. The van der Waals surface area contributed by atoms with Crippen LogP contribution in [0.3, 0.4) is 0 Å². The first-order chi connectivity index (χ1) is 10.7. The number of nitrogens with zero attached hydrogens (tertiary/aromatic N) is 4. The Labute approximate surface area is 131 Å². The van der Waals surface area contributed by atoms with Gasteiger partial charge in [-0.2, -0.15) is 0 Å². The van der Waals surface area contributed by atoms with E-state index >= 15 is 0 Å². The number of hydrogen-bond donors (Lipinski definition) is 2. The predicted octanol–water partition coefficient (Wildman–Crippen LogP) is 1.10. The minimum atomic E-state index is -0.476. The normalized spacial score (nSPS) is 17.7. The summed E-state index contributed by atoms with van der Waals surface area (Å²) in [7, 11) is 1.87. The number of primary amides is 1. The summed E-state index contributed by atoms with van der Waals surface area (Å²) in [5.41, 5.74) is 6.68. The van der Waals surface area contributed by atoms with Crippen molar-refractivity contribution in [2.75, 3.05) is 12.4 Å². The molecule has 3 N–H and O–H groups in total. The highest BCUT2D eigenvalue weighted by Crippen LogP contribution is 2.40. The Balaban J connectivity index is 1.90. The smallest absolute Gasteiger partial charge is 0.257 e. The van der Waals surface area contributed by atoms with E-state index < -0.39 is 5.91 Å². The number of nitrogens with one attached hydrogen (secondary N) is 1. The van der Waals surface area contributed by atoms with Crippen LogP contribution in [0.25, 0.3) is 5.70 Å². The second kappa shape index (κ2) is 6.02. The number of nitrogens with two attached hydrogens (primary N) is 1. The van der Waals surface area contributed by atoms with Crippen LogP contribution in [0.5, 0.6) is 0 Å². The fourth-order valence-electron chi connectivity index (χ4n) is 2.11. The van der Waals surface area contributed by atoms with Gasteiger partial charge in [0.2, 0.25) is 5.95 Å². The molecule has 0 fully saturated rings. The van der Waals surface area contributed by atoms with Crippen LogP contribution in [-0.4, -0.2) is 38.3 Å². The Kier molecular flexibility index (Phi) is 3.92. The summed E-state index contributed by atoms with van der Waals surface area (Å²) < 4.78 is 0. The molecule has 0 aromatic carbocycles. The summed E-state index contributed by atoms with van der Waals surface area (Å²) >= 11 is 1.32. The first-order valence-electron chi connectivity index (χ1n) is 6.55. The van der Waals surface area contributed by atoms with E-state index in [1.54, 1.807) is 24.7 Å². The van der Waals surface area contributed by atoms with Gasteiger partial charge < -0.3 is 16.0 Å². The van der Waals surface area contributed by atoms with Gasteiger partial charge in [-0.05, 0) is 18.2 Å². The number of anilines is 1. The van der Waals surface area contributed by atoms with E-state index in [2.05, 4.69) is 20.3 Å². The lowest BCUT2D eigenvalue weighted by atomic mass is 10.2. The standard InChI is InChI=1S/C14H14N6OS/c1-20-10(9-5-2-3-6-16-9)11(12(15)21)22-14(20)19-13-17-7-4-8-18-13/h2-8,14H,1H3,(H2,15,21)(H,17,18,19). The lowest BCUT2D eigenvalue weighted by molar-refractivity contribution is -0.113. The molecule has 0 saturated heterocycles. The van der Waals surface area contributed by atoms with Gasteiger partial charge in [-0.25, -0.2) is 9.97 Å². The van der Waals surface area contributed by atoms with Crippen LogP contribution in [0.1, 0.15) is 5.69 Å². The van der Waals surface area contributed by atoms with Gasteiger partial charge in [0.25, 0.3) is 5.91 Å². The third-order valence-corrected chi connectivity index (χ3v) is 4.39. The van der Waals surface area contributed by atoms with Crippen molar-refractivity contribution in [1.29, 1.82) is 0 Å². The highest BCUT2D eigenvalue weighted by Gasteiger charge is 2.34. The number of carbonyl (C=O) groups excluding carboxylic acids is 1. The van der Waals surface area contributed by atoms with E-state index in [0.717, 1.165) is 0 Å². The molecule has 1 aliphatic heterocycles. The number of aromatic nitrogens is 3. The Morgan fingerprint density at radius 2 is 1.95 bits per heavy atom. The quantitative estimate of drug-likeness (QED) is 0.872. The van der Waals surface area contributed by atoms with E-state index in [1.807, 2.05) is 30.1 Å². The van der Waals surface area contributed by atoms with Crippen molar-refractivity contribution in [3.63, 3.8) is 0 Å². The van der Waals surface area contributed by atoms with Gasteiger partial charge in [0.15, 0.2) is 5.50 Å². The van der Waals surface area contributed by atoms with Crippen LogP contribution in [0.4, 0.5) is 5.95 Å². The van der Waals surface area contributed by atoms with E-state index in [0.29, 0.717) is 22.2 Å². The maximum Gasteiger partial charge on any atom is 0.257 e. The molecule has 112 valence electrons. The third kappa shape index (κ3) is 2.73. The average Bonchev–Trinajstić information content (AvgIpc) is 2.86. The molecule has 3 heterocycles. The molecule has 0 saturated carbocycles. The zero-order chi connectivity index (χ0) is 15.5. The van der Waals surface area contributed by atoms with E-state index in [1.165, 1.54) is 11.8 Å². The minimum Gasteiger partial charge on any atom is -0.365 e. The third-order valence-electron chi connectivity index (χ3n) is 3.10. The number of amides is 1. The molecule has 2 aromatic heterocycles. The molecule has 1 amide bonds. The largest absolute Gasteiger partial charge is 0.365 e. The summed E-state index contributed by atoms with van der Waals surface area (Å²) in [5, 5.41) is 3.16. The van der Waals surface area contributed by atoms with E-state index in [4.69, 9.17) is 5.73 Å². The molecule has 0 radical (unpaired) electrons. The van der Waals surface area contributed by atoms with Crippen molar-refractivity contribution < 1.29 is 4.79 Å². The number of thioether (sulfide) groups is 1. The summed E-state index contributed by atoms with van der Waals surface area (Å²) in [5.74, 6) is 0.00808. The Hall–Kier alpha value is -2.61. The zero-order valence-electron chi connectivity index (χ0n) is 11.8. The van der Waals surface area contributed by atoms with Crippen LogP contribution in [0.2, 0.25) is 0 Å². The van der Waals surface area contributed by atoms with Gasteiger partial charge in [-0.1, -0.05) is 17.8 Å². The molecule has 8 heteroatoms. The first-order valence-corrected chi connectivity index (χ1v) is 7.43. The van der Waals surface area contributed by atoms with Gasteiger partial charge in [-0.15, -0.1) is 0 Å². The zero-order valence-corrected chi connectivity index (χ0v) is 12.6. The Morgan fingerprint density at radius 3 is 2.59 bits per heavy atom. The van der Waals surface area contributed by atoms with Crippen molar-refractivity contribution in [3.05, 3.63) is 53.5 Å². The van der Waals surface area contributed by atoms with Crippen LogP contribution >= 0.6 is 11.8 Å². The molecule has 1 aliphatic rings. The van der Waals surface area contributed by atoms with Gasteiger partial charge in [0.1, 0.15) is 4.91 Å². The molecule has 2 aromatic rings. The second-order valence-corrected chi connectivity index (χ2v) is 5.65. The molecule has 22 heavy (non-hydrogen) atoms. The molecular formula is C14H14N6OS. The molecular weight excluding hydrogens is 300 g/mol. The van der Waals surface area contributed by atoms with Crippen molar-refractivity contribution in [2.24, 2.45) is 5.73 Å². The number of rotatable bonds is 4. The molecule has 3 rings (SSSR count). The monoisotopic (exact) mass is 314 g/mol. The highest BCUT2D eigenvalue weighted by molar-refractivity contribution is 8.05. The van der Waals surface area contributed by atoms with Gasteiger partial charge in [0.05, 0.1) is 11.4 Å². The first kappa shape index (κ1) is 14.3. The molecule has 7 nitrogen and oxygen atoms in total. The van der Waals surface area contributed by atoms with E-state index in [9.17, 15) is 4.79 Å². The summed E-state index contributed by atoms with van der Waals surface area (Å²) in [4.78, 5) is 26.7. The highest BCUT2D eigenvalue weighted by atomic mass is 32.2. The Morgan fingerprint density at radius 1 is 1.23 bits per heavy atom. The van der Waals surface area contributed by atoms with Crippen molar-refractivity contribution in [3.8, 4) is 0 Å². The fourth-order valence-corrected chi connectivity index (χ4v) is 3.24. The van der Waals surface area contributed by atoms with Crippen LogP contribution in [0.15, 0.2) is 47.8 Å². The van der Waals surface area contributed by atoms with Crippen LogP contribution < -0.4 is 11.1 Å². The number of pyridine rings is 1. The molecule has 1 atom stereocenters. The van der Waals surface area contributed by atoms with Crippen LogP contribution in [0, 0.1) is 0 Å². The molecule has 0 bridgehead atoms. The summed E-state index contributed by atoms with van der Waals surface area (Å²) in [6.07, 6.45) is 4.98. The van der Waals surface area contributed by atoms with Crippen molar-refractivity contribution >= 4 is 29.3 Å². The molecule has 0 spiro atoms. The average molecular weight is 314 g/mol. The number of hydrogen-bond acceptors (Lipinski definition) is 7. The van der Waals surface area contributed by atoms with Gasteiger partial charge in [0, 0.05) is 25.6 Å². The lowest BCUT2D eigenvalue weighted by Crippen LogP contribution is -2.31. The molecule has 1 unspecified atom stereocenters. The SMILES string of the molecule is CN1C(c2ccccn2)=C(C(N)=O)SC1Nc1ncccn1. The minimum absolute atomic E-state index is 0.234. The maximum atomic E-state index is 11.8. The number of carbonyl (C=O) groups is 1. The van der Waals surface area contributed by atoms with Crippen molar-refractivity contribution in [2.45, 2.75) is 5.50 Å². The van der Waals surface area contributed by atoms with Gasteiger partial charge >= 0.3 is 0 Å². The summed E-state index contributed by atoms with van der Waals surface area (Å²) in [6, 6.07) is 7.27. The topological polar surface area (TPSA) is 97.0 Å². The summed E-state index contributed by atoms with van der Waals surface area (Å²) in [6.45, 7) is 0. The Bertz CT molecular complexity index is 706. The van der Waals surface area contributed by atoms with Gasteiger partial charge in [-0.3, -0.25) is 9.78 Å².